The maximum atomic E-state index is 11.8. The molecule has 6 nitrogen and oxygen atoms in total. The normalized spacial score (nSPS) is 18.4. The first-order chi connectivity index (χ1) is 10.1. The van der Waals surface area contributed by atoms with Gasteiger partial charge in [0.2, 0.25) is 11.8 Å². The van der Waals surface area contributed by atoms with Crippen molar-refractivity contribution in [2.75, 3.05) is 25.9 Å². The molecule has 1 aromatic carbocycles. The Morgan fingerprint density at radius 2 is 2.24 bits per heavy atom. The van der Waals surface area contributed by atoms with E-state index >= 15 is 0 Å². The van der Waals surface area contributed by atoms with E-state index in [1.165, 1.54) is 0 Å². The Balaban J connectivity index is 1.71. The van der Waals surface area contributed by atoms with Crippen molar-refractivity contribution in [3.05, 3.63) is 24.3 Å². The van der Waals surface area contributed by atoms with Crippen LogP contribution in [0.25, 0.3) is 0 Å². The number of nitrogens with two attached hydrogens (primary N) is 1. The number of hydrogen-bond acceptors (Lipinski definition) is 4. The fraction of sp³-hybridized carbons (Fsp3) is 0.467. The number of nitrogens with zero attached hydrogens (tertiary/aromatic N) is 1. The standard InChI is InChI=1S/C15H21N3O3/c1-18-10-11(6-7-15(18)20)17-14(19)8-9-21-13-5-3-2-4-12(13)16/h2-5,11H,6-10,16H2,1H3,(H,17,19). The highest BCUT2D eigenvalue weighted by atomic mass is 16.5. The number of hydrogen-bond donors (Lipinski definition) is 2. The number of benzene rings is 1. The van der Waals surface area contributed by atoms with Crippen LogP contribution in [0.1, 0.15) is 19.3 Å². The van der Waals surface area contributed by atoms with Crippen LogP contribution in [-0.4, -0.2) is 43.0 Å². The van der Waals surface area contributed by atoms with Gasteiger partial charge in [-0.2, -0.15) is 0 Å². The summed E-state index contributed by atoms with van der Waals surface area (Å²) in [4.78, 5) is 24.9. The molecular weight excluding hydrogens is 270 g/mol. The van der Waals surface area contributed by atoms with Crippen molar-refractivity contribution in [1.82, 2.24) is 10.2 Å². The Hall–Kier alpha value is -2.24. The summed E-state index contributed by atoms with van der Waals surface area (Å²) in [7, 11) is 1.75. The van der Waals surface area contributed by atoms with Gasteiger partial charge in [-0.25, -0.2) is 0 Å². The van der Waals surface area contributed by atoms with E-state index in [1.54, 1.807) is 24.1 Å². The second-order valence-electron chi connectivity index (χ2n) is 5.21. The summed E-state index contributed by atoms with van der Waals surface area (Å²) in [5.74, 6) is 0.647. The molecule has 0 bridgehead atoms. The van der Waals surface area contributed by atoms with Gasteiger partial charge < -0.3 is 20.7 Å². The minimum absolute atomic E-state index is 0.0296. The number of nitrogen functional groups attached to an aromatic ring is 1. The monoisotopic (exact) mass is 291 g/mol. The number of para-hydroxylation sites is 2. The van der Waals surface area contributed by atoms with E-state index in [0.717, 1.165) is 0 Å². The molecule has 0 aliphatic carbocycles. The zero-order valence-corrected chi connectivity index (χ0v) is 12.2. The molecule has 0 spiro atoms. The maximum absolute atomic E-state index is 11.8. The maximum Gasteiger partial charge on any atom is 0.223 e. The SMILES string of the molecule is CN1CC(NC(=O)CCOc2ccccc2N)CCC1=O. The van der Waals surface area contributed by atoms with Crippen LogP contribution >= 0.6 is 0 Å². The molecule has 0 aromatic heterocycles. The van der Waals surface area contributed by atoms with Crippen LogP contribution in [0.5, 0.6) is 5.75 Å². The largest absolute Gasteiger partial charge is 0.491 e. The molecule has 3 N–H and O–H groups in total. The molecule has 2 rings (SSSR count). The van der Waals surface area contributed by atoms with Gasteiger partial charge in [0, 0.05) is 26.1 Å². The Kier molecular flexibility index (Phi) is 5.03. The second kappa shape index (κ2) is 6.97. The molecule has 2 amide bonds. The van der Waals surface area contributed by atoms with Gasteiger partial charge in [-0.1, -0.05) is 12.1 Å². The zero-order valence-electron chi connectivity index (χ0n) is 12.2. The highest BCUT2D eigenvalue weighted by molar-refractivity contribution is 5.79. The molecule has 1 fully saturated rings. The summed E-state index contributed by atoms with van der Waals surface area (Å²) in [6.07, 6.45) is 1.45. The van der Waals surface area contributed by atoms with Crippen molar-refractivity contribution < 1.29 is 14.3 Å². The molecule has 21 heavy (non-hydrogen) atoms. The van der Waals surface area contributed by atoms with Crippen molar-refractivity contribution in [2.45, 2.75) is 25.3 Å². The molecular formula is C15H21N3O3. The first-order valence-corrected chi connectivity index (χ1v) is 7.07. The van der Waals surface area contributed by atoms with Gasteiger partial charge in [0.1, 0.15) is 5.75 Å². The lowest BCUT2D eigenvalue weighted by Crippen LogP contribution is -2.48. The zero-order chi connectivity index (χ0) is 15.2. The Morgan fingerprint density at radius 3 is 2.95 bits per heavy atom. The highest BCUT2D eigenvalue weighted by Crippen LogP contribution is 2.19. The molecule has 1 saturated heterocycles. The molecule has 0 radical (unpaired) electrons. The first-order valence-electron chi connectivity index (χ1n) is 7.07. The van der Waals surface area contributed by atoms with Crippen LogP contribution < -0.4 is 15.8 Å². The molecule has 6 heteroatoms. The lowest BCUT2D eigenvalue weighted by Gasteiger charge is -2.30. The number of amides is 2. The van der Waals surface area contributed by atoms with E-state index in [4.69, 9.17) is 10.5 Å². The third-order valence-corrected chi connectivity index (χ3v) is 3.50. The van der Waals surface area contributed by atoms with Crippen LogP contribution in [0.4, 0.5) is 5.69 Å². The van der Waals surface area contributed by atoms with Crippen LogP contribution in [-0.2, 0) is 9.59 Å². The summed E-state index contributed by atoms with van der Waals surface area (Å²) in [5.41, 5.74) is 6.31. The van der Waals surface area contributed by atoms with Crippen LogP contribution in [0, 0.1) is 0 Å². The number of anilines is 1. The average molecular weight is 291 g/mol. The Morgan fingerprint density at radius 1 is 1.48 bits per heavy atom. The lowest BCUT2D eigenvalue weighted by atomic mass is 10.1. The van der Waals surface area contributed by atoms with Crippen LogP contribution in [0.2, 0.25) is 0 Å². The molecule has 1 aromatic rings. The fourth-order valence-electron chi connectivity index (χ4n) is 2.30. The summed E-state index contributed by atoms with van der Waals surface area (Å²) >= 11 is 0. The van der Waals surface area contributed by atoms with Crippen molar-refractivity contribution in [2.24, 2.45) is 0 Å². The quantitative estimate of drug-likeness (QED) is 0.785. The van der Waals surface area contributed by atoms with Crippen molar-refractivity contribution in [3.8, 4) is 5.75 Å². The minimum atomic E-state index is -0.0720. The first kappa shape index (κ1) is 15.2. The predicted octanol–water partition coefficient (Wildman–Crippen LogP) is 0.775. The number of carbonyl (C=O) groups is 2. The molecule has 1 atom stereocenters. The molecule has 1 aliphatic rings. The van der Waals surface area contributed by atoms with Gasteiger partial charge in [-0.15, -0.1) is 0 Å². The Bertz CT molecular complexity index is 519. The summed E-state index contributed by atoms with van der Waals surface area (Å²) < 4.78 is 5.48. The van der Waals surface area contributed by atoms with Gasteiger partial charge in [-0.3, -0.25) is 9.59 Å². The third-order valence-electron chi connectivity index (χ3n) is 3.50. The van der Waals surface area contributed by atoms with Gasteiger partial charge in [-0.05, 0) is 18.6 Å². The van der Waals surface area contributed by atoms with Crippen molar-refractivity contribution in [1.29, 1.82) is 0 Å². The summed E-state index contributed by atoms with van der Waals surface area (Å²) in [6.45, 7) is 0.846. The number of piperidine rings is 1. The van der Waals surface area contributed by atoms with Gasteiger partial charge in [0.05, 0.1) is 18.7 Å². The van der Waals surface area contributed by atoms with E-state index in [9.17, 15) is 9.59 Å². The van der Waals surface area contributed by atoms with Crippen LogP contribution in [0.3, 0.4) is 0 Å². The lowest BCUT2D eigenvalue weighted by molar-refractivity contribution is -0.134. The van der Waals surface area contributed by atoms with E-state index in [-0.39, 0.29) is 30.9 Å². The van der Waals surface area contributed by atoms with E-state index in [1.807, 2.05) is 12.1 Å². The third kappa shape index (κ3) is 4.37. The molecule has 1 unspecified atom stereocenters. The second-order valence-corrected chi connectivity index (χ2v) is 5.21. The van der Waals surface area contributed by atoms with Crippen LogP contribution in [0.15, 0.2) is 24.3 Å². The van der Waals surface area contributed by atoms with E-state index in [0.29, 0.717) is 30.8 Å². The van der Waals surface area contributed by atoms with Gasteiger partial charge in [0.15, 0.2) is 0 Å². The smallest absolute Gasteiger partial charge is 0.223 e. The number of carbonyl (C=O) groups excluding carboxylic acids is 2. The summed E-state index contributed by atoms with van der Waals surface area (Å²) in [5, 5.41) is 2.93. The topological polar surface area (TPSA) is 84.7 Å². The molecule has 0 saturated carbocycles. The molecule has 1 aliphatic heterocycles. The number of nitrogens with one attached hydrogen (secondary N) is 1. The van der Waals surface area contributed by atoms with Crippen molar-refractivity contribution in [3.63, 3.8) is 0 Å². The highest BCUT2D eigenvalue weighted by Gasteiger charge is 2.23. The molecule has 114 valence electrons. The van der Waals surface area contributed by atoms with Gasteiger partial charge in [0.25, 0.3) is 0 Å². The summed E-state index contributed by atoms with van der Waals surface area (Å²) in [6, 6.07) is 7.22. The number of rotatable bonds is 5. The minimum Gasteiger partial charge on any atom is -0.491 e. The van der Waals surface area contributed by atoms with Gasteiger partial charge >= 0.3 is 0 Å². The predicted molar refractivity (Wildman–Crippen MR) is 79.8 cm³/mol. The fourth-order valence-corrected chi connectivity index (χ4v) is 2.30. The van der Waals surface area contributed by atoms with Crippen molar-refractivity contribution >= 4 is 17.5 Å². The molecule has 1 heterocycles. The average Bonchev–Trinajstić information content (AvgIpc) is 2.45. The van der Waals surface area contributed by atoms with E-state index < -0.39 is 0 Å². The number of likely N-dealkylation sites (tertiary alicyclic amines) is 1. The Labute approximate surface area is 124 Å². The number of likely N-dealkylation sites (N-methyl/N-ethyl adjacent to an activating group) is 1. The number of ether oxygens (including phenoxy) is 1. The van der Waals surface area contributed by atoms with E-state index in [2.05, 4.69) is 5.32 Å².